The molecule has 0 atom stereocenters. The molecule has 1 aliphatic carbocycles. The molecule has 1 aliphatic rings. The first-order valence-corrected chi connectivity index (χ1v) is 8.10. The SMILES string of the molecule is CCCCN(C(=O)c1ccc(C)cc1)C1CCCCC1. The fourth-order valence-corrected chi connectivity index (χ4v) is 3.03. The number of benzene rings is 1. The van der Waals surface area contributed by atoms with E-state index >= 15 is 0 Å². The van der Waals surface area contributed by atoms with Crippen LogP contribution >= 0.6 is 0 Å². The number of carbonyl (C=O) groups excluding carboxylic acids is 1. The third kappa shape index (κ3) is 3.84. The molecule has 20 heavy (non-hydrogen) atoms. The summed E-state index contributed by atoms with van der Waals surface area (Å²) in [5, 5.41) is 0. The van der Waals surface area contributed by atoms with Gasteiger partial charge in [-0.2, -0.15) is 0 Å². The summed E-state index contributed by atoms with van der Waals surface area (Å²) in [6, 6.07) is 8.47. The first-order valence-electron chi connectivity index (χ1n) is 8.10. The van der Waals surface area contributed by atoms with Crippen LogP contribution in [0.1, 0.15) is 67.8 Å². The number of hydrogen-bond donors (Lipinski definition) is 0. The van der Waals surface area contributed by atoms with Gasteiger partial charge in [0.2, 0.25) is 0 Å². The molecule has 0 aliphatic heterocycles. The lowest BCUT2D eigenvalue weighted by molar-refractivity contribution is 0.0630. The largest absolute Gasteiger partial charge is 0.336 e. The van der Waals surface area contributed by atoms with Crippen LogP contribution in [0.15, 0.2) is 24.3 Å². The van der Waals surface area contributed by atoms with Gasteiger partial charge in [0.1, 0.15) is 0 Å². The van der Waals surface area contributed by atoms with Crippen LogP contribution in [0.5, 0.6) is 0 Å². The Balaban J connectivity index is 2.11. The van der Waals surface area contributed by atoms with Crippen molar-refractivity contribution < 1.29 is 4.79 Å². The van der Waals surface area contributed by atoms with E-state index in [4.69, 9.17) is 0 Å². The molecule has 0 unspecified atom stereocenters. The quantitative estimate of drug-likeness (QED) is 0.769. The number of unbranched alkanes of at least 4 members (excludes halogenated alkanes) is 1. The van der Waals surface area contributed by atoms with E-state index in [2.05, 4.69) is 18.7 Å². The van der Waals surface area contributed by atoms with E-state index in [1.54, 1.807) is 0 Å². The number of nitrogens with zero attached hydrogens (tertiary/aromatic N) is 1. The van der Waals surface area contributed by atoms with E-state index in [0.717, 1.165) is 24.9 Å². The summed E-state index contributed by atoms with van der Waals surface area (Å²) in [5.41, 5.74) is 2.05. The van der Waals surface area contributed by atoms with Gasteiger partial charge in [-0.25, -0.2) is 0 Å². The van der Waals surface area contributed by atoms with E-state index in [9.17, 15) is 4.79 Å². The molecule has 1 aromatic rings. The van der Waals surface area contributed by atoms with E-state index in [0.29, 0.717) is 6.04 Å². The number of aryl methyl sites for hydroxylation is 1. The maximum atomic E-state index is 12.8. The molecule has 0 aromatic heterocycles. The second-order valence-corrected chi connectivity index (χ2v) is 6.01. The van der Waals surface area contributed by atoms with Crippen molar-refractivity contribution >= 4 is 5.91 Å². The van der Waals surface area contributed by atoms with Crippen molar-refractivity contribution in [3.63, 3.8) is 0 Å². The Kier molecular flexibility index (Phi) is 5.63. The Morgan fingerprint density at radius 3 is 2.40 bits per heavy atom. The summed E-state index contributed by atoms with van der Waals surface area (Å²) in [4.78, 5) is 14.9. The summed E-state index contributed by atoms with van der Waals surface area (Å²) in [7, 11) is 0. The molecule has 0 spiro atoms. The molecule has 2 rings (SSSR count). The highest BCUT2D eigenvalue weighted by molar-refractivity contribution is 5.94. The second kappa shape index (κ2) is 7.47. The number of rotatable bonds is 5. The maximum absolute atomic E-state index is 12.8. The van der Waals surface area contributed by atoms with Crippen LogP contribution in [0.4, 0.5) is 0 Å². The van der Waals surface area contributed by atoms with E-state index in [1.165, 1.54) is 37.7 Å². The van der Waals surface area contributed by atoms with Crippen molar-refractivity contribution in [2.45, 2.75) is 64.8 Å². The van der Waals surface area contributed by atoms with Gasteiger partial charge in [-0.15, -0.1) is 0 Å². The minimum Gasteiger partial charge on any atom is -0.336 e. The van der Waals surface area contributed by atoms with Crippen LogP contribution < -0.4 is 0 Å². The lowest BCUT2D eigenvalue weighted by Gasteiger charge is -2.34. The van der Waals surface area contributed by atoms with Gasteiger partial charge in [0, 0.05) is 18.2 Å². The van der Waals surface area contributed by atoms with Crippen LogP contribution in [-0.2, 0) is 0 Å². The molecule has 1 amide bonds. The minimum absolute atomic E-state index is 0.227. The van der Waals surface area contributed by atoms with E-state index in [-0.39, 0.29) is 5.91 Å². The third-order valence-corrected chi connectivity index (χ3v) is 4.33. The molecule has 1 saturated carbocycles. The molecule has 1 fully saturated rings. The van der Waals surface area contributed by atoms with E-state index in [1.807, 2.05) is 24.3 Å². The molecule has 0 radical (unpaired) electrons. The fourth-order valence-electron chi connectivity index (χ4n) is 3.03. The zero-order chi connectivity index (χ0) is 14.4. The van der Waals surface area contributed by atoms with Crippen LogP contribution in [0.2, 0.25) is 0 Å². The Morgan fingerprint density at radius 1 is 1.15 bits per heavy atom. The van der Waals surface area contributed by atoms with Crippen LogP contribution in [0.3, 0.4) is 0 Å². The van der Waals surface area contributed by atoms with Crippen molar-refractivity contribution in [2.75, 3.05) is 6.54 Å². The molecule has 0 saturated heterocycles. The first kappa shape index (κ1) is 15.1. The summed E-state index contributed by atoms with van der Waals surface area (Å²) < 4.78 is 0. The molecular weight excluding hydrogens is 246 g/mol. The smallest absolute Gasteiger partial charge is 0.254 e. The van der Waals surface area contributed by atoms with Gasteiger partial charge >= 0.3 is 0 Å². The van der Waals surface area contributed by atoms with Crippen molar-refractivity contribution in [3.8, 4) is 0 Å². The highest BCUT2D eigenvalue weighted by Crippen LogP contribution is 2.24. The highest BCUT2D eigenvalue weighted by atomic mass is 16.2. The van der Waals surface area contributed by atoms with Gasteiger partial charge in [0.15, 0.2) is 0 Å². The van der Waals surface area contributed by atoms with Crippen LogP contribution in [-0.4, -0.2) is 23.4 Å². The summed E-state index contributed by atoms with van der Waals surface area (Å²) in [6.07, 6.45) is 8.49. The van der Waals surface area contributed by atoms with Gasteiger partial charge in [0.05, 0.1) is 0 Å². The predicted molar refractivity (Wildman–Crippen MR) is 84.0 cm³/mol. The Hall–Kier alpha value is -1.31. The molecular formula is C18H27NO. The number of carbonyl (C=O) groups is 1. The standard InChI is InChI=1S/C18H27NO/c1-3-4-14-19(17-8-6-5-7-9-17)18(20)16-12-10-15(2)11-13-16/h10-13,17H,3-9,14H2,1-2H3. The molecule has 2 heteroatoms. The van der Waals surface area contributed by atoms with Crippen LogP contribution in [0, 0.1) is 6.92 Å². The van der Waals surface area contributed by atoms with Gasteiger partial charge in [-0.05, 0) is 38.3 Å². The first-order chi connectivity index (χ1) is 9.72. The van der Waals surface area contributed by atoms with Gasteiger partial charge in [-0.1, -0.05) is 50.3 Å². The van der Waals surface area contributed by atoms with Gasteiger partial charge < -0.3 is 4.90 Å². The zero-order valence-electron chi connectivity index (χ0n) is 12.9. The number of amides is 1. The Labute approximate surface area is 123 Å². The molecule has 110 valence electrons. The van der Waals surface area contributed by atoms with Crippen molar-refractivity contribution in [1.82, 2.24) is 4.90 Å². The van der Waals surface area contributed by atoms with Gasteiger partial charge in [0.25, 0.3) is 5.91 Å². The van der Waals surface area contributed by atoms with Crippen molar-refractivity contribution in [3.05, 3.63) is 35.4 Å². The average Bonchev–Trinajstić information content (AvgIpc) is 2.49. The van der Waals surface area contributed by atoms with Gasteiger partial charge in [-0.3, -0.25) is 4.79 Å². The van der Waals surface area contributed by atoms with Crippen molar-refractivity contribution in [2.24, 2.45) is 0 Å². The summed E-state index contributed by atoms with van der Waals surface area (Å²) in [5.74, 6) is 0.227. The number of hydrogen-bond acceptors (Lipinski definition) is 1. The van der Waals surface area contributed by atoms with Crippen molar-refractivity contribution in [1.29, 1.82) is 0 Å². The molecule has 0 heterocycles. The third-order valence-electron chi connectivity index (χ3n) is 4.33. The second-order valence-electron chi connectivity index (χ2n) is 6.01. The lowest BCUT2D eigenvalue weighted by atomic mass is 9.93. The monoisotopic (exact) mass is 273 g/mol. The lowest BCUT2D eigenvalue weighted by Crippen LogP contribution is -2.42. The molecule has 0 bridgehead atoms. The Bertz CT molecular complexity index is 418. The summed E-state index contributed by atoms with van der Waals surface area (Å²) >= 11 is 0. The maximum Gasteiger partial charge on any atom is 0.254 e. The molecule has 0 N–H and O–H groups in total. The highest BCUT2D eigenvalue weighted by Gasteiger charge is 2.25. The fraction of sp³-hybridized carbons (Fsp3) is 0.611. The topological polar surface area (TPSA) is 20.3 Å². The van der Waals surface area contributed by atoms with E-state index < -0.39 is 0 Å². The average molecular weight is 273 g/mol. The normalized spacial score (nSPS) is 16.1. The Morgan fingerprint density at radius 2 is 1.80 bits per heavy atom. The summed E-state index contributed by atoms with van der Waals surface area (Å²) in [6.45, 7) is 5.16. The van der Waals surface area contributed by atoms with Crippen LogP contribution in [0.25, 0.3) is 0 Å². The molecule has 2 nitrogen and oxygen atoms in total. The minimum atomic E-state index is 0.227. The molecule has 1 aromatic carbocycles. The predicted octanol–water partition coefficient (Wildman–Crippen LogP) is 4.57. The zero-order valence-corrected chi connectivity index (χ0v) is 12.9.